The van der Waals surface area contributed by atoms with Gasteiger partial charge in [0.2, 0.25) is 0 Å². The Morgan fingerprint density at radius 2 is 1.80 bits per heavy atom. The predicted molar refractivity (Wildman–Crippen MR) is 54.5 cm³/mol. The summed E-state index contributed by atoms with van der Waals surface area (Å²) in [5.41, 5.74) is 0. The fourth-order valence-corrected chi connectivity index (χ4v) is 2.35. The maximum atomic E-state index is 12.4. The van der Waals surface area contributed by atoms with Crippen molar-refractivity contribution in [2.24, 2.45) is 11.8 Å². The van der Waals surface area contributed by atoms with E-state index in [-0.39, 0.29) is 18.9 Å². The molecule has 0 aliphatic heterocycles. The van der Waals surface area contributed by atoms with Crippen molar-refractivity contribution < 1.29 is 13.2 Å². The molecule has 15 heavy (non-hydrogen) atoms. The molecule has 1 unspecified atom stereocenters. The van der Waals surface area contributed by atoms with Gasteiger partial charge in [-0.1, -0.05) is 6.08 Å². The van der Waals surface area contributed by atoms with Crippen molar-refractivity contribution in [2.45, 2.75) is 37.9 Å². The molecule has 0 amide bonds. The lowest BCUT2D eigenvalue weighted by Crippen LogP contribution is -2.36. The van der Waals surface area contributed by atoms with Gasteiger partial charge in [-0.2, -0.15) is 13.2 Å². The van der Waals surface area contributed by atoms with Gasteiger partial charge in [-0.05, 0) is 38.6 Å². The van der Waals surface area contributed by atoms with Gasteiger partial charge >= 0.3 is 6.18 Å². The fraction of sp³-hybridized carbons (Fsp3) is 0.818. The van der Waals surface area contributed by atoms with E-state index < -0.39 is 12.1 Å². The number of hydrogen-bond donors (Lipinski definition) is 1. The Balaban J connectivity index is 2.45. The van der Waals surface area contributed by atoms with Crippen LogP contribution in [0.4, 0.5) is 13.2 Å². The summed E-state index contributed by atoms with van der Waals surface area (Å²) in [5.74, 6) is -0.776. The highest BCUT2D eigenvalue weighted by atomic mass is 19.4. The molecule has 1 fully saturated rings. The van der Waals surface area contributed by atoms with Crippen molar-refractivity contribution in [2.75, 3.05) is 7.05 Å². The number of hydrogen-bond acceptors (Lipinski definition) is 1. The summed E-state index contributed by atoms with van der Waals surface area (Å²) < 4.78 is 37.2. The molecular weight excluding hydrogens is 203 g/mol. The van der Waals surface area contributed by atoms with E-state index in [2.05, 4.69) is 11.9 Å². The van der Waals surface area contributed by atoms with Gasteiger partial charge in [-0.15, -0.1) is 6.58 Å². The zero-order chi connectivity index (χ0) is 11.5. The summed E-state index contributed by atoms with van der Waals surface area (Å²) in [6.07, 6.45) is -0.406. The van der Waals surface area contributed by atoms with Crippen LogP contribution in [0, 0.1) is 11.8 Å². The number of likely N-dealkylation sites (N-methyl/N-ethyl adjacent to an activating group) is 1. The highest BCUT2D eigenvalue weighted by molar-refractivity contribution is 4.92. The average Bonchev–Trinajstić information content (AvgIpc) is 2.19. The van der Waals surface area contributed by atoms with E-state index in [1.165, 1.54) is 0 Å². The second-order valence-electron chi connectivity index (χ2n) is 4.20. The molecule has 1 aliphatic rings. The molecule has 0 aromatic carbocycles. The zero-order valence-corrected chi connectivity index (χ0v) is 8.98. The van der Waals surface area contributed by atoms with Crippen LogP contribution in [-0.2, 0) is 0 Å². The standard InChI is InChI=1S/C11H18F3N/c1-3-10(15-2)8-4-6-9(7-5-8)11(12,13)14/h3,8-10,15H,1,4-7H2,2H3. The number of rotatable bonds is 3. The largest absolute Gasteiger partial charge is 0.391 e. The van der Waals surface area contributed by atoms with Gasteiger partial charge in [-0.3, -0.25) is 0 Å². The lowest BCUT2D eigenvalue weighted by Gasteiger charge is -2.33. The fourth-order valence-electron chi connectivity index (χ4n) is 2.35. The SMILES string of the molecule is C=CC(NC)C1CCC(C(F)(F)F)CC1. The van der Waals surface area contributed by atoms with Gasteiger partial charge in [0.15, 0.2) is 0 Å². The normalized spacial score (nSPS) is 29.9. The van der Waals surface area contributed by atoms with E-state index in [9.17, 15) is 13.2 Å². The number of halogens is 3. The molecule has 1 N–H and O–H groups in total. The van der Waals surface area contributed by atoms with Crippen molar-refractivity contribution in [1.82, 2.24) is 5.32 Å². The Labute approximate surface area is 88.7 Å². The van der Waals surface area contributed by atoms with Crippen molar-refractivity contribution in [3.8, 4) is 0 Å². The highest BCUT2D eigenvalue weighted by Crippen LogP contribution is 2.40. The summed E-state index contributed by atoms with van der Waals surface area (Å²) in [6, 6.07) is 0.152. The van der Waals surface area contributed by atoms with Crippen LogP contribution < -0.4 is 5.32 Å². The predicted octanol–water partition coefficient (Wildman–Crippen LogP) is 3.13. The molecule has 0 saturated heterocycles. The Kier molecular flexibility index (Phi) is 4.20. The third kappa shape index (κ3) is 3.23. The van der Waals surface area contributed by atoms with Crippen molar-refractivity contribution >= 4 is 0 Å². The summed E-state index contributed by atoms with van der Waals surface area (Å²) in [4.78, 5) is 0. The van der Waals surface area contributed by atoms with E-state index >= 15 is 0 Å². The van der Waals surface area contributed by atoms with Crippen LogP contribution in [-0.4, -0.2) is 19.3 Å². The minimum Gasteiger partial charge on any atom is -0.313 e. The molecule has 4 heteroatoms. The minimum atomic E-state index is -4.01. The lowest BCUT2D eigenvalue weighted by molar-refractivity contribution is -0.184. The molecule has 1 rings (SSSR count). The van der Waals surface area contributed by atoms with Crippen LogP contribution in [0.2, 0.25) is 0 Å². The molecule has 0 bridgehead atoms. The average molecular weight is 221 g/mol. The van der Waals surface area contributed by atoms with E-state index in [4.69, 9.17) is 0 Å². The van der Waals surface area contributed by atoms with Crippen molar-refractivity contribution in [1.29, 1.82) is 0 Å². The first-order chi connectivity index (χ1) is 6.99. The van der Waals surface area contributed by atoms with Crippen LogP contribution in [0.25, 0.3) is 0 Å². The van der Waals surface area contributed by atoms with Crippen LogP contribution in [0.15, 0.2) is 12.7 Å². The molecule has 1 saturated carbocycles. The maximum absolute atomic E-state index is 12.4. The zero-order valence-electron chi connectivity index (χ0n) is 8.98. The Hall–Kier alpha value is -0.510. The molecule has 0 radical (unpaired) electrons. The van der Waals surface area contributed by atoms with Gasteiger partial charge < -0.3 is 5.32 Å². The van der Waals surface area contributed by atoms with Gasteiger partial charge in [0.05, 0.1) is 5.92 Å². The van der Waals surface area contributed by atoms with Crippen molar-refractivity contribution in [3.63, 3.8) is 0 Å². The molecule has 0 aromatic heterocycles. The topological polar surface area (TPSA) is 12.0 Å². The van der Waals surface area contributed by atoms with E-state index in [0.717, 1.165) is 0 Å². The Morgan fingerprint density at radius 3 is 2.13 bits per heavy atom. The molecule has 0 aromatic rings. The summed E-state index contributed by atoms with van der Waals surface area (Å²) in [5, 5.41) is 3.08. The first kappa shape index (κ1) is 12.6. The summed E-state index contributed by atoms with van der Waals surface area (Å²) in [6.45, 7) is 3.69. The molecule has 1 atom stereocenters. The third-order valence-corrected chi connectivity index (χ3v) is 3.33. The molecular formula is C11H18F3N. The summed E-state index contributed by atoms with van der Waals surface area (Å²) in [7, 11) is 1.82. The quantitative estimate of drug-likeness (QED) is 0.722. The van der Waals surface area contributed by atoms with Gasteiger partial charge in [0.1, 0.15) is 0 Å². The first-order valence-corrected chi connectivity index (χ1v) is 5.35. The molecule has 88 valence electrons. The maximum Gasteiger partial charge on any atom is 0.391 e. The van der Waals surface area contributed by atoms with Gasteiger partial charge in [-0.25, -0.2) is 0 Å². The first-order valence-electron chi connectivity index (χ1n) is 5.35. The minimum absolute atomic E-state index is 0.152. The third-order valence-electron chi connectivity index (χ3n) is 3.33. The highest BCUT2D eigenvalue weighted by Gasteiger charge is 2.41. The van der Waals surface area contributed by atoms with Crippen LogP contribution >= 0.6 is 0 Å². The molecule has 1 nitrogen and oxygen atoms in total. The van der Waals surface area contributed by atoms with Crippen LogP contribution in [0.3, 0.4) is 0 Å². The Bertz CT molecular complexity index is 204. The lowest BCUT2D eigenvalue weighted by atomic mass is 9.78. The van der Waals surface area contributed by atoms with E-state index in [1.807, 2.05) is 7.05 Å². The van der Waals surface area contributed by atoms with Gasteiger partial charge in [0, 0.05) is 6.04 Å². The number of nitrogens with one attached hydrogen (secondary N) is 1. The van der Waals surface area contributed by atoms with E-state index in [0.29, 0.717) is 18.8 Å². The second-order valence-corrected chi connectivity index (χ2v) is 4.20. The number of alkyl halides is 3. The summed E-state index contributed by atoms with van der Waals surface area (Å²) >= 11 is 0. The molecule has 1 aliphatic carbocycles. The molecule has 0 spiro atoms. The van der Waals surface area contributed by atoms with Gasteiger partial charge in [0.25, 0.3) is 0 Å². The van der Waals surface area contributed by atoms with Crippen LogP contribution in [0.5, 0.6) is 0 Å². The van der Waals surface area contributed by atoms with Crippen LogP contribution in [0.1, 0.15) is 25.7 Å². The smallest absolute Gasteiger partial charge is 0.313 e. The van der Waals surface area contributed by atoms with Crippen molar-refractivity contribution in [3.05, 3.63) is 12.7 Å². The monoisotopic (exact) mass is 221 g/mol. The molecule has 0 heterocycles. The Morgan fingerprint density at radius 1 is 1.27 bits per heavy atom. The second kappa shape index (κ2) is 5.01. The van der Waals surface area contributed by atoms with E-state index in [1.54, 1.807) is 6.08 Å².